The average Bonchev–Trinajstić information content (AvgIpc) is 2.04. The Kier molecular flexibility index (Phi) is 1.33. The van der Waals surface area contributed by atoms with E-state index in [9.17, 15) is 9.59 Å². The molecule has 4 nitrogen and oxygen atoms in total. The van der Waals surface area contributed by atoms with Gasteiger partial charge in [0.2, 0.25) is 0 Å². The van der Waals surface area contributed by atoms with Crippen molar-refractivity contribution in [1.29, 1.82) is 0 Å². The van der Waals surface area contributed by atoms with E-state index in [2.05, 4.69) is 8.83 Å². The Labute approximate surface area is 66.0 Å². The Morgan fingerprint density at radius 1 is 1.00 bits per heavy atom. The van der Waals surface area contributed by atoms with Crippen LogP contribution in [0.3, 0.4) is 0 Å². The Morgan fingerprint density at radius 2 is 1.75 bits per heavy atom. The molecular formula is C8H4O4. The normalized spacial score (nSPS) is 10.3. The van der Waals surface area contributed by atoms with Gasteiger partial charge in [0.1, 0.15) is 11.0 Å². The minimum Gasteiger partial charge on any atom is -0.394 e. The Hall–Kier alpha value is -1.84. The lowest BCUT2D eigenvalue weighted by atomic mass is 10.3. The molecule has 12 heavy (non-hydrogen) atoms. The zero-order chi connectivity index (χ0) is 8.55. The molecule has 0 aliphatic rings. The van der Waals surface area contributed by atoms with Crippen molar-refractivity contribution >= 4 is 11.0 Å². The van der Waals surface area contributed by atoms with Crippen molar-refractivity contribution in [2.45, 2.75) is 0 Å². The van der Waals surface area contributed by atoms with Crippen molar-refractivity contribution in [1.82, 2.24) is 0 Å². The molecule has 0 bridgehead atoms. The molecule has 0 radical (unpaired) electrons. The van der Waals surface area contributed by atoms with Crippen molar-refractivity contribution in [3.63, 3.8) is 0 Å². The largest absolute Gasteiger partial charge is 0.522 e. The lowest BCUT2D eigenvalue weighted by Crippen LogP contribution is -2.09. The van der Waals surface area contributed by atoms with Gasteiger partial charge in [0, 0.05) is 0 Å². The zero-order valence-electron chi connectivity index (χ0n) is 5.94. The minimum atomic E-state index is -0.973. The first-order valence-electron chi connectivity index (χ1n) is 3.30. The minimum absolute atomic E-state index is 0.249. The van der Waals surface area contributed by atoms with Gasteiger partial charge < -0.3 is 8.83 Å². The fraction of sp³-hybridized carbons (Fsp3) is 0. The Morgan fingerprint density at radius 3 is 2.58 bits per heavy atom. The van der Waals surface area contributed by atoms with Gasteiger partial charge in [-0.2, -0.15) is 0 Å². The summed E-state index contributed by atoms with van der Waals surface area (Å²) in [6.07, 6.45) is 0. The number of fused-ring (bicyclic) bond motifs is 1. The van der Waals surface area contributed by atoms with Gasteiger partial charge in [-0.3, -0.25) is 0 Å². The summed E-state index contributed by atoms with van der Waals surface area (Å²) in [5, 5.41) is 0.275. The summed E-state index contributed by atoms with van der Waals surface area (Å²) in [5.74, 6) is -0.973. The molecule has 1 aromatic carbocycles. The van der Waals surface area contributed by atoms with Crippen LogP contribution in [0.1, 0.15) is 0 Å². The van der Waals surface area contributed by atoms with Gasteiger partial charge >= 0.3 is 11.4 Å². The lowest BCUT2D eigenvalue weighted by Gasteiger charge is -1.89. The molecule has 4 heteroatoms. The fourth-order valence-corrected chi connectivity index (χ4v) is 0.966. The van der Waals surface area contributed by atoms with Crippen LogP contribution in [0.25, 0.3) is 11.0 Å². The molecule has 0 N–H and O–H groups in total. The van der Waals surface area contributed by atoms with E-state index in [1.165, 1.54) is 12.1 Å². The van der Waals surface area contributed by atoms with Crippen molar-refractivity contribution in [3.8, 4) is 0 Å². The summed E-state index contributed by atoms with van der Waals surface area (Å²) < 4.78 is 8.83. The van der Waals surface area contributed by atoms with Crippen molar-refractivity contribution < 1.29 is 8.83 Å². The predicted octanol–water partition coefficient (Wildman–Crippen LogP) is 0.746. The van der Waals surface area contributed by atoms with E-state index in [4.69, 9.17) is 0 Å². The van der Waals surface area contributed by atoms with Crippen LogP contribution in [0.4, 0.5) is 0 Å². The van der Waals surface area contributed by atoms with Crippen LogP contribution in [0, 0.1) is 0 Å². The second-order valence-corrected chi connectivity index (χ2v) is 2.24. The number of hydrogen-bond acceptors (Lipinski definition) is 4. The van der Waals surface area contributed by atoms with Gasteiger partial charge in [0.05, 0.1) is 0 Å². The predicted molar refractivity (Wildman–Crippen MR) is 41.0 cm³/mol. The van der Waals surface area contributed by atoms with Crippen LogP contribution in [-0.4, -0.2) is 0 Å². The molecule has 60 valence electrons. The summed E-state index contributed by atoms with van der Waals surface area (Å²) >= 11 is 0. The van der Waals surface area contributed by atoms with E-state index in [0.29, 0.717) is 0 Å². The first-order valence-corrected chi connectivity index (χ1v) is 3.30. The molecule has 0 amide bonds. The summed E-state index contributed by atoms with van der Waals surface area (Å²) in [6, 6.07) is 6.40. The van der Waals surface area contributed by atoms with Gasteiger partial charge in [0.15, 0.2) is 0 Å². The van der Waals surface area contributed by atoms with Crippen molar-refractivity contribution in [2.24, 2.45) is 0 Å². The molecule has 2 rings (SSSR count). The van der Waals surface area contributed by atoms with Gasteiger partial charge in [-0.25, -0.2) is 9.59 Å². The van der Waals surface area contributed by atoms with Crippen LogP contribution in [-0.2, 0) is 0 Å². The molecule has 0 spiro atoms. The van der Waals surface area contributed by atoms with Gasteiger partial charge in [-0.05, 0) is 12.1 Å². The van der Waals surface area contributed by atoms with Crippen LogP contribution in [0.15, 0.2) is 42.7 Å². The third-order valence-electron chi connectivity index (χ3n) is 1.48. The number of hydrogen-bond donors (Lipinski definition) is 0. The molecular weight excluding hydrogens is 160 g/mol. The summed E-state index contributed by atoms with van der Waals surface area (Å²) in [4.78, 5) is 21.5. The number of para-hydroxylation sites is 1. The van der Waals surface area contributed by atoms with Gasteiger partial charge in [-0.1, -0.05) is 12.1 Å². The van der Waals surface area contributed by atoms with E-state index < -0.39 is 11.4 Å². The maximum Gasteiger partial charge on any atom is 0.522 e. The van der Waals surface area contributed by atoms with E-state index in [1.807, 2.05) is 0 Å². The highest BCUT2D eigenvalue weighted by Crippen LogP contribution is 2.04. The molecule has 1 heterocycles. The molecule has 0 fully saturated rings. The van der Waals surface area contributed by atoms with Gasteiger partial charge in [-0.15, -0.1) is 0 Å². The second kappa shape index (κ2) is 2.34. The molecule has 0 saturated heterocycles. The van der Waals surface area contributed by atoms with Crippen molar-refractivity contribution in [2.75, 3.05) is 0 Å². The maximum absolute atomic E-state index is 11.0. The first-order chi connectivity index (χ1) is 5.77. The molecule has 2 aromatic rings. The highest BCUT2D eigenvalue weighted by atomic mass is 16.6. The number of benzene rings is 1. The van der Waals surface area contributed by atoms with E-state index in [-0.39, 0.29) is 11.0 Å². The van der Waals surface area contributed by atoms with Gasteiger partial charge in [0.25, 0.3) is 0 Å². The highest BCUT2D eigenvalue weighted by molar-refractivity contribution is 5.74. The lowest BCUT2D eigenvalue weighted by molar-refractivity contribution is 0.328. The van der Waals surface area contributed by atoms with E-state index in [0.717, 1.165) is 0 Å². The summed E-state index contributed by atoms with van der Waals surface area (Å²) in [5.41, 5.74) is -0.416. The average molecular weight is 164 g/mol. The topological polar surface area (TPSA) is 60.4 Å². The molecule has 1 aromatic heterocycles. The molecule has 0 unspecified atom stereocenters. The van der Waals surface area contributed by atoms with E-state index >= 15 is 0 Å². The molecule has 0 atom stereocenters. The Balaban J connectivity index is 3.09. The van der Waals surface area contributed by atoms with Crippen LogP contribution in [0.2, 0.25) is 0 Å². The van der Waals surface area contributed by atoms with Crippen LogP contribution < -0.4 is 11.4 Å². The third kappa shape index (κ3) is 0.934. The maximum atomic E-state index is 11.0. The van der Waals surface area contributed by atoms with Crippen molar-refractivity contribution in [3.05, 3.63) is 45.3 Å². The van der Waals surface area contributed by atoms with Crippen LogP contribution >= 0.6 is 0 Å². The molecule has 0 aliphatic heterocycles. The smallest absolute Gasteiger partial charge is 0.394 e. The second-order valence-electron chi connectivity index (χ2n) is 2.24. The SMILES string of the molecule is O=c1oc(=O)c2ccccc2o1. The highest BCUT2D eigenvalue weighted by Gasteiger charge is 2.01. The molecule has 0 saturated carbocycles. The molecule has 0 aliphatic carbocycles. The summed E-state index contributed by atoms with van der Waals surface area (Å²) in [7, 11) is 0. The first kappa shape index (κ1) is 6.84. The quantitative estimate of drug-likeness (QED) is 0.576. The zero-order valence-corrected chi connectivity index (χ0v) is 5.94. The third-order valence-corrected chi connectivity index (χ3v) is 1.48. The Bertz CT molecular complexity index is 520. The fourth-order valence-electron chi connectivity index (χ4n) is 0.966. The van der Waals surface area contributed by atoms with E-state index in [1.54, 1.807) is 12.1 Å². The summed E-state index contributed by atoms with van der Waals surface area (Å²) in [6.45, 7) is 0. The standard InChI is InChI=1S/C8H4O4/c9-7-5-3-1-2-4-6(5)11-8(10)12-7/h1-4H. The number of rotatable bonds is 0. The monoisotopic (exact) mass is 164 g/mol. The van der Waals surface area contributed by atoms with Crippen LogP contribution in [0.5, 0.6) is 0 Å².